The molecule has 0 saturated carbocycles. The fourth-order valence-corrected chi connectivity index (χ4v) is 3.18. The summed E-state index contributed by atoms with van der Waals surface area (Å²) >= 11 is 0. The fourth-order valence-electron chi connectivity index (χ4n) is 3.18. The minimum absolute atomic E-state index is 0.0373. The van der Waals surface area contributed by atoms with Crippen molar-refractivity contribution < 1.29 is 9.21 Å². The summed E-state index contributed by atoms with van der Waals surface area (Å²) in [5, 5.41) is 0.962. The molecular weight excluding hydrogens is 304 g/mol. The molecule has 3 aromatic rings. The molecule has 0 radical (unpaired) electrons. The molecule has 1 saturated heterocycles. The van der Waals surface area contributed by atoms with E-state index in [1.165, 1.54) is 0 Å². The lowest BCUT2D eigenvalue weighted by Gasteiger charge is -2.35. The second-order valence-electron chi connectivity index (χ2n) is 5.94. The van der Waals surface area contributed by atoms with Crippen molar-refractivity contribution in [3.8, 4) is 0 Å². The van der Waals surface area contributed by atoms with Gasteiger partial charge in [0.25, 0.3) is 5.91 Å². The highest BCUT2D eigenvalue weighted by molar-refractivity contribution is 5.96. The van der Waals surface area contributed by atoms with Crippen molar-refractivity contribution in [1.29, 1.82) is 0 Å². The molecule has 0 unspecified atom stereocenters. The van der Waals surface area contributed by atoms with Gasteiger partial charge in [0, 0.05) is 50.5 Å². The number of imidazole rings is 1. The van der Waals surface area contributed by atoms with Gasteiger partial charge in [-0.2, -0.15) is 0 Å². The first-order valence-corrected chi connectivity index (χ1v) is 8.30. The van der Waals surface area contributed by atoms with Gasteiger partial charge in [0.1, 0.15) is 5.58 Å². The number of nitrogens with zero attached hydrogens (tertiary/aromatic N) is 4. The molecule has 0 aliphatic carbocycles. The molecule has 0 spiro atoms. The molecule has 6 nitrogen and oxygen atoms in total. The highest BCUT2D eigenvalue weighted by atomic mass is 16.3. The highest BCUT2D eigenvalue weighted by Gasteiger charge is 2.26. The molecule has 2 aromatic heterocycles. The Hall–Kier alpha value is -2.76. The molecule has 1 amide bonds. The zero-order valence-corrected chi connectivity index (χ0v) is 13.7. The van der Waals surface area contributed by atoms with Crippen molar-refractivity contribution in [2.45, 2.75) is 13.5 Å². The summed E-state index contributed by atoms with van der Waals surface area (Å²) in [6.07, 6.45) is 3.81. The van der Waals surface area contributed by atoms with Gasteiger partial charge in [-0.05, 0) is 19.1 Å². The molecule has 0 bridgehead atoms. The van der Waals surface area contributed by atoms with Crippen LogP contribution in [0.3, 0.4) is 0 Å². The number of piperazine rings is 1. The molecule has 1 aliphatic heterocycles. The number of benzene rings is 1. The lowest BCUT2D eigenvalue weighted by Crippen LogP contribution is -2.49. The molecule has 0 atom stereocenters. The minimum Gasteiger partial charge on any atom is -0.451 e. The maximum atomic E-state index is 12.7. The van der Waals surface area contributed by atoms with Crippen LogP contribution in [0.4, 0.5) is 5.95 Å². The van der Waals surface area contributed by atoms with E-state index in [4.69, 9.17) is 4.42 Å². The number of carbonyl (C=O) groups is 1. The number of fused-ring (bicyclic) bond motifs is 1. The average molecular weight is 324 g/mol. The Balaban J connectivity index is 1.46. The molecule has 1 aliphatic rings. The van der Waals surface area contributed by atoms with Gasteiger partial charge in [0.05, 0.1) is 0 Å². The summed E-state index contributed by atoms with van der Waals surface area (Å²) in [6.45, 7) is 5.91. The normalized spacial score (nSPS) is 15.2. The van der Waals surface area contributed by atoms with Crippen molar-refractivity contribution in [3.63, 3.8) is 0 Å². The Kier molecular flexibility index (Phi) is 3.72. The number of aromatic nitrogens is 2. The monoisotopic (exact) mass is 324 g/mol. The van der Waals surface area contributed by atoms with Crippen LogP contribution in [0.2, 0.25) is 0 Å². The second-order valence-corrected chi connectivity index (χ2v) is 5.94. The van der Waals surface area contributed by atoms with Crippen LogP contribution in [-0.4, -0.2) is 46.5 Å². The molecule has 0 N–H and O–H groups in total. The van der Waals surface area contributed by atoms with E-state index in [0.29, 0.717) is 18.8 Å². The van der Waals surface area contributed by atoms with Gasteiger partial charge < -0.3 is 18.8 Å². The van der Waals surface area contributed by atoms with Gasteiger partial charge in [-0.15, -0.1) is 0 Å². The number of carbonyl (C=O) groups excluding carboxylic acids is 1. The Morgan fingerprint density at radius 3 is 2.75 bits per heavy atom. The summed E-state index contributed by atoms with van der Waals surface area (Å²) < 4.78 is 7.82. The standard InChI is InChI=1S/C18H20N4O2/c1-2-20-8-7-19-18(20)22-11-9-21(10-12-22)17(23)16-13-14-5-3-4-6-15(14)24-16/h3-8,13H,2,9-12H2,1H3. The molecule has 6 heteroatoms. The number of rotatable bonds is 3. The van der Waals surface area contributed by atoms with Crippen molar-refractivity contribution in [2.75, 3.05) is 31.1 Å². The zero-order chi connectivity index (χ0) is 16.5. The van der Waals surface area contributed by atoms with Crippen LogP contribution in [0.15, 0.2) is 47.1 Å². The van der Waals surface area contributed by atoms with Crippen molar-refractivity contribution in [2.24, 2.45) is 0 Å². The van der Waals surface area contributed by atoms with E-state index >= 15 is 0 Å². The van der Waals surface area contributed by atoms with E-state index in [-0.39, 0.29) is 5.91 Å². The maximum Gasteiger partial charge on any atom is 0.289 e. The van der Waals surface area contributed by atoms with Crippen LogP contribution in [0.1, 0.15) is 17.5 Å². The van der Waals surface area contributed by atoms with E-state index in [9.17, 15) is 4.79 Å². The van der Waals surface area contributed by atoms with Crippen LogP contribution >= 0.6 is 0 Å². The Bertz CT molecular complexity index is 826. The topological polar surface area (TPSA) is 54.5 Å². The number of furan rings is 1. The Morgan fingerprint density at radius 1 is 1.21 bits per heavy atom. The fraction of sp³-hybridized carbons (Fsp3) is 0.333. The third-order valence-electron chi connectivity index (χ3n) is 4.52. The molecule has 24 heavy (non-hydrogen) atoms. The largest absolute Gasteiger partial charge is 0.451 e. The molecule has 1 fully saturated rings. The van der Waals surface area contributed by atoms with Crippen LogP contribution in [0.5, 0.6) is 0 Å². The summed E-state index contributed by atoms with van der Waals surface area (Å²) in [5.41, 5.74) is 0.754. The van der Waals surface area contributed by atoms with Gasteiger partial charge in [-0.3, -0.25) is 4.79 Å². The van der Waals surface area contributed by atoms with Crippen LogP contribution in [-0.2, 0) is 6.54 Å². The van der Waals surface area contributed by atoms with E-state index < -0.39 is 0 Å². The summed E-state index contributed by atoms with van der Waals surface area (Å²) in [5.74, 6) is 1.36. The molecule has 4 rings (SSSR count). The molecular formula is C18H20N4O2. The SMILES string of the molecule is CCn1ccnc1N1CCN(C(=O)c2cc3ccccc3o2)CC1. The third kappa shape index (κ3) is 2.54. The van der Waals surface area contributed by atoms with E-state index in [1.54, 1.807) is 0 Å². The van der Waals surface area contributed by atoms with Gasteiger partial charge in [0.2, 0.25) is 5.95 Å². The lowest BCUT2D eigenvalue weighted by molar-refractivity contribution is 0.0716. The van der Waals surface area contributed by atoms with Crippen LogP contribution in [0, 0.1) is 0 Å². The van der Waals surface area contributed by atoms with Gasteiger partial charge in [0.15, 0.2) is 5.76 Å². The second kappa shape index (κ2) is 6.03. The third-order valence-corrected chi connectivity index (χ3v) is 4.52. The number of anilines is 1. The van der Waals surface area contributed by atoms with Crippen molar-refractivity contribution in [1.82, 2.24) is 14.5 Å². The summed E-state index contributed by atoms with van der Waals surface area (Å²) in [7, 11) is 0. The van der Waals surface area contributed by atoms with Gasteiger partial charge in [-0.25, -0.2) is 4.98 Å². The smallest absolute Gasteiger partial charge is 0.289 e. The average Bonchev–Trinajstić information content (AvgIpc) is 3.27. The molecule has 3 heterocycles. The predicted molar refractivity (Wildman–Crippen MR) is 92.2 cm³/mol. The van der Waals surface area contributed by atoms with Crippen molar-refractivity contribution >= 4 is 22.8 Å². The predicted octanol–water partition coefficient (Wildman–Crippen LogP) is 2.61. The van der Waals surface area contributed by atoms with Crippen LogP contribution in [0.25, 0.3) is 11.0 Å². The summed E-state index contributed by atoms with van der Waals surface area (Å²) in [4.78, 5) is 21.2. The summed E-state index contributed by atoms with van der Waals surface area (Å²) in [6, 6.07) is 9.52. The molecule has 1 aromatic carbocycles. The maximum absolute atomic E-state index is 12.7. The van der Waals surface area contributed by atoms with Gasteiger partial charge >= 0.3 is 0 Å². The van der Waals surface area contributed by atoms with Crippen molar-refractivity contribution in [3.05, 3.63) is 48.5 Å². The highest BCUT2D eigenvalue weighted by Crippen LogP contribution is 2.21. The minimum atomic E-state index is -0.0373. The quantitative estimate of drug-likeness (QED) is 0.743. The number of aryl methyl sites for hydroxylation is 1. The first-order valence-electron chi connectivity index (χ1n) is 8.30. The number of hydrogen-bond donors (Lipinski definition) is 0. The number of para-hydroxylation sites is 1. The lowest BCUT2D eigenvalue weighted by atomic mass is 10.2. The van der Waals surface area contributed by atoms with E-state index in [2.05, 4.69) is 21.4 Å². The first-order chi connectivity index (χ1) is 11.8. The molecule has 124 valence electrons. The van der Waals surface area contributed by atoms with E-state index in [1.807, 2.05) is 47.6 Å². The van der Waals surface area contributed by atoms with Crippen LogP contribution < -0.4 is 4.90 Å². The first kappa shape index (κ1) is 14.8. The number of amides is 1. The number of hydrogen-bond acceptors (Lipinski definition) is 4. The Labute approximate surface area is 140 Å². The Morgan fingerprint density at radius 2 is 2.00 bits per heavy atom. The zero-order valence-electron chi connectivity index (χ0n) is 13.7. The van der Waals surface area contributed by atoms with E-state index in [0.717, 1.165) is 36.6 Å². The van der Waals surface area contributed by atoms with Gasteiger partial charge in [-0.1, -0.05) is 18.2 Å².